The van der Waals surface area contributed by atoms with Crippen LogP contribution in [0.1, 0.15) is 6.92 Å². The Morgan fingerprint density at radius 3 is 2.10 bits per heavy atom. The predicted molar refractivity (Wildman–Crippen MR) is 137 cm³/mol. The largest absolute Gasteiger partial charge is 0.508 e. The molecule has 3 aromatic rings. The second kappa shape index (κ2) is 11.5. The van der Waals surface area contributed by atoms with Gasteiger partial charge >= 0.3 is 11.3 Å². The van der Waals surface area contributed by atoms with E-state index >= 15 is 0 Å². The Kier molecular flexibility index (Phi) is 8.20. The first-order valence-corrected chi connectivity index (χ1v) is 12.7. The van der Waals surface area contributed by atoms with Gasteiger partial charge in [0.1, 0.15) is 65.4 Å². The van der Waals surface area contributed by atoms with Crippen molar-refractivity contribution in [3.05, 3.63) is 42.5 Å². The number of phenols is 3. The van der Waals surface area contributed by atoms with E-state index in [1.54, 1.807) is 0 Å². The second-order valence-corrected chi connectivity index (χ2v) is 10.0. The molecule has 5 rings (SSSR count). The highest BCUT2D eigenvalue weighted by molar-refractivity contribution is 5.88. The molecule has 0 saturated carbocycles. The molecule has 2 aliphatic heterocycles. The van der Waals surface area contributed by atoms with Crippen LogP contribution < -0.4 is 4.74 Å². The van der Waals surface area contributed by atoms with Crippen molar-refractivity contribution >= 4 is 11.0 Å². The number of phenolic OH excluding ortho intramolecular Hbond substituents is 3. The maximum atomic E-state index is 10.7. The van der Waals surface area contributed by atoms with E-state index in [1.807, 2.05) is 0 Å². The minimum atomic E-state index is -1.77. The maximum Gasteiger partial charge on any atom is 0.402 e. The molecular formula is C27H31O14+. The molecule has 9 N–H and O–H groups in total. The summed E-state index contributed by atoms with van der Waals surface area (Å²) in [4.78, 5) is 0. The lowest BCUT2D eigenvalue weighted by Gasteiger charge is -2.42. The molecule has 0 bridgehead atoms. The van der Waals surface area contributed by atoms with Gasteiger partial charge in [-0.3, -0.25) is 0 Å². The summed E-state index contributed by atoms with van der Waals surface area (Å²) in [7, 11) is 0. The monoisotopic (exact) mass is 579 g/mol. The van der Waals surface area contributed by atoms with Gasteiger partial charge in [0.05, 0.1) is 24.3 Å². The van der Waals surface area contributed by atoms with E-state index < -0.39 is 68.0 Å². The Labute approximate surface area is 232 Å². The van der Waals surface area contributed by atoms with E-state index in [0.29, 0.717) is 5.56 Å². The molecule has 0 unspecified atom stereocenters. The van der Waals surface area contributed by atoms with Gasteiger partial charge in [-0.1, -0.05) is 0 Å². The van der Waals surface area contributed by atoms with Crippen LogP contribution in [0.15, 0.2) is 46.9 Å². The van der Waals surface area contributed by atoms with Gasteiger partial charge in [0, 0.05) is 12.1 Å². The number of benzene rings is 2. The lowest BCUT2D eigenvalue weighted by molar-refractivity contribution is -0.318. The number of aromatic hydroxyl groups is 3. The number of hydrogen-bond donors (Lipinski definition) is 9. The van der Waals surface area contributed by atoms with Crippen molar-refractivity contribution in [3.8, 4) is 34.3 Å². The lowest BCUT2D eigenvalue weighted by atomic mass is 9.98. The number of rotatable bonds is 6. The van der Waals surface area contributed by atoms with Crippen molar-refractivity contribution in [2.24, 2.45) is 0 Å². The second-order valence-electron chi connectivity index (χ2n) is 10.0. The van der Waals surface area contributed by atoms with Gasteiger partial charge in [0.2, 0.25) is 12.0 Å². The Hall–Kier alpha value is -3.31. The summed E-state index contributed by atoms with van der Waals surface area (Å²) < 4.78 is 28.4. The minimum absolute atomic E-state index is 0.0261. The number of ether oxygens (including phenoxy) is 4. The highest BCUT2D eigenvalue weighted by atomic mass is 16.7. The smallest absolute Gasteiger partial charge is 0.402 e. The predicted octanol–water partition coefficient (Wildman–Crippen LogP) is -0.472. The molecule has 14 heteroatoms. The lowest BCUT2D eigenvalue weighted by Crippen LogP contribution is -2.61. The number of hydrogen-bond acceptors (Lipinski definition) is 13. The van der Waals surface area contributed by atoms with Crippen LogP contribution in [0.4, 0.5) is 0 Å². The molecule has 0 spiro atoms. The third-order valence-corrected chi connectivity index (χ3v) is 7.09. The summed E-state index contributed by atoms with van der Waals surface area (Å²) in [6.45, 7) is 0.973. The van der Waals surface area contributed by atoms with Gasteiger partial charge in [0.25, 0.3) is 0 Å². The Morgan fingerprint density at radius 2 is 1.39 bits per heavy atom. The molecule has 0 amide bonds. The molecule has 0 aliphatic carbocycles. The van der Waals surface area contributed by atoms with E-state index in [-0.39, 0.29) is 39.7 Å². The molecule has 10 atom stereocenters. The minimum Gasteiger partial charge on any atom is -0.508 e. The third-order valence-electron chi connectivity index (χ3n) is 7.09. The van der Waals surface area contributed by atoms with E-state index in [1.165, 1.54) is 43.3 Å². The molecule has 2 aliphatic rings. The van der Waals surface area contributed by atoms with Crippen molar-refractivity contribution in [2.45, 2.75) is 68.3 Å². The molecule has 1 aromatic heterocycles. The molecule has 2 aromatic carbocycles. The fraction of sp³-hybridized carbons (Fsp3) is 0.444. The van der Waals surface area contributed by atoms with Crippen molar-refractivity contribution in [1.29, 1.82) is 0 Å². The summed E-state index contributed by atoms with van der Waals surface area (Å²) >= 11 is 0. The summed E-state index contributed by atoms with van der Waals surface area (Å²) in [6.07, 6.45) is -15.0. The molecule has 14 nitrogen and oxygen atoms in total. The van der Waals surface area contributed by atoms with Gasteiger partial charge in [0.15, 0.2) is 6.29 Å². The van der Waals surface area contributed by atoms with Crippen LogP contribution in [0, 0.1) is 0 Å². The van der Waals surface area contributed by atoms with E-state index in [4.69, 9.17) is 23.4 Å². The van der Waals surface area contributed by atoms with Gasteiger partial charge in [-0.15, -0.1) is 0 Å². The van der Waals surface area contributed by atoms with Gasteiger partial charge in [-0.05, 0) is 31.2 Å². The molecule has 0 radical (unpaired) electrons. The zero-order valence-electron chi connectivity index (χ0n) is 21.6. The number of fused-ring (bicyclic) bond motifs is 1. The zero-order chi connectivity index (χ0) is 29.6. The van der Waals surface area contributed by atoms with Gasteiger partial charge in [-0.2, -0.15) is 0 Å². The van der Waals surface area contributed by atoms with Crippen LogP contribution in [0.5, 0.6) is 23.0 Å². The normalized spacial score (nSPS) is 34.0. The fourth-order valence-corrected chi connectivity index (χ4v) is 4.70. The summed E-state index contributed by atoms with van der Waals surface area (Å²) in [6, 6.07) is 9.48. The summed E-state index contributed by atoms with van der Waals surface area (Å²) in [5.41, 5.74) is 0.476. The van der Waals surface area contributed by atoms with Crippen molar-refractivity contribution in [1.82, 2.24) is 0 Å². The Bertz CT molecular complexity index is 1370. The molecule has 41 heavy (non-hydrogen) atoms. The topological polar surface area (TPSA) is 230 Å². The average molecular weight is 580 g/mol. The average Bonchev–Trinajstić information content (AvgIpc) is 2.94. The van der Waals surface area contributed by atoms with E-state index in [2.05, 4.69) is 0 Å². The van der Waals surface area contributed by atoms with Crippen LogP contribution in [0.2, 0.25) is 0 Å². The fourth-order valence-electron chi connectivity index (χ4n) is 4.70. The molecular weight excluding hydrogens is 548 g/mol. The van der Waals surface area contributed by atoms with Crippen LogP contribution in [0.25, 0.3) is 22.3 Å². The zero-order valence-corrected chi connectivity index (χ0v) is 21.6. The maximum absolute atomic E-state index is 10.7. The van der Waals surface area contributed by atoms with Crippen molar-refractivity contribution in [3.63, 3.8) is 0 Å². The Morgan fingerprint density at radius 1 is 0.732 bits per heavy atom. The van der Waals surface area contributed by atoms with Gasteiger partial charge < -0.3 is 64.9 Å². The highest BCUT2D eigenvalue weighted by Crippen LogP contribution is 2.40. The third kappa shape index (κ3) is 5.74. The van der Waals surface area contributed by atoms with Crippen LogP contribution in [0.3, 0.4) is 0 Å². The first-order valence-electron chi connectivity index (χ1n) is 12.7. The molecule has 3 heterocycles. The van der Waals surface area contributed by atoms with E-state index in [9.17, 15) is 46.0 Å². The standard InChI is InChI=1S/C27H30O14/c1-10-19(31)21(33)23(35)26(38-10)37-9-18-20(32)22(34)24(36)27(41-18)40-17-8-14-15(30)6-13(29)7-16(14)39-25(17)11-2-4-12(28)5-3-11/h2-8,10,18-24,26-27,31-36H,9H2,1H3,(H2-,28,29,30)/p+1/t10-,18+,19-,20-,21+,22-,23+,24+,26+,27+/m0/s1. The van der Waals surface area contributed by atoms with Crippen molar-refractivity contribution < 1.29 is 69.3 Å². The van der Waals surface area contributed by atoms with Crippen molar-refractivity contribution in [2.75, 3.05) is 6.61 Å². The highest BCUT2D eigenvalue weighted by Gasteiger charge is 2.48. The SMILES string of the molecule is C[C@@H]1O[C@@H](OC[C@H]2O[C@@H](Oc3cc4c(O)cc(O)cc4[o+]c3-c3ccc(O)cc3)[C@H](O)[C@@H](O)[C@H]2O)[C@H](O)[C@H](O)[C@H]1O. The van der Waals surface area contributed by atoms with Crippen LogP contribution in [-0.2, 0) is 14.2 Å². The summed E-state index contributed by atoms with van der Waals surface area (Å²) in [5.74, 6) is -0.661. The Balaban J connectivity index is 1.42. The quantitative estimate of drug-likeness (QED) is 0.168. The molecule has 222 valence electrons. The molecule has 2 fully saturated rings. The summed E-state index contributed by atoms with van der Waals surface area (Å²) in [5, 5.41) is 92.0. The van der Waals surface area contributed by atoms with Gasteiger partial charge in [-0.25, -0.2) is 4.42 Å². The van der Waals surface area contributed by atoms with E-state index in [0.717, 1.165) is 6.07 Å². The van der Waals surface area contributed by atoms with Crippen LogP contribution >= 0.6 is 0 Å². The number of aliphatic hydroxyl groups excluding tert-OH is 6. The molecule has 2 saturated heterocycles. The number of aliphatic hydroxyl groups is 6. The first kappa shape index (κ1) is 29.2. The first-order chi connectivity index (χ1) is 19.4. The van der Waals surface area contributed by atoms with Crippen LogP contribution in [-0.4, -0.2) is 114 Å².